The second-order valence-corrected chi connectivity index (χ2v) is 10.9. The molecule has 0 aromatic heterocycles. The van der Waals surface area contributed by atoms with Crippen LogP contribution in [-0.2, 0) is 16.6 Å². The maximum Gasteiger partial charge on any atom is 0.416 e. The van der Waals surface area contributed by atoms with E-state index in [1.165, 1.54) is 0 Å². The molecule has 0 bridgehead atoms. The number of benzene rings is 2. The highest BCUT2D eigenvalue weighted by molar-refractivity contribution is 6.11. The fourth-order valence-electron chi connectivity index (χ4n) is 6.25. The van der Waals surface area contributed by atoms with Crippen molar-refractivity contribution in [3.63, 3.8) is 0 Å². The maximum atomic E-state index is 14.9. The second kappa shape index (κ2) is 9.42. The molecule has 1 atom stereocenters. The minimum atomic E-state index is -5.17. The molecule has 4 aliphatic rings. The standard InChI is InChI=1S/C27H26F5N3O3.ClH/c28-19-2-1-3-20(29)23(19)26(38)22-18(27(30,31)32)10-14(24(33)36)11-21(22)34(25(26)37)12-13-8-17(9-13)35(15-4-5-15)16-6-7-16;/h1-3,10-11,13,15-17,38H,4-9,12H2,(H2,33,36);1H. The molecule has 2 aromatic carbocycles. The number of anilines is 1. The summed E-state index contributed by atoms with van der Waals surface area (Å²) < 4.78 is 72.6. The first-order valence-electron chi connectivity index (χ1n) is 12.7. The SMILES string of the molecule is Cl.NC(=O)c1cc2c(c(C(F)(F)F)c1)C(O)(c1c(F)cccc1F)C(=O)N2CC1CC(N(C2CC2)C2CC2)C1. The Morgan fingerprint density at radius 2 is 1.59 bits per heavy atom. The number of alkyl halides is 3. The van der Waals surface area contributed by atoms with Crippen LogP contribution in [0.1, 0.15) is 65.6 Å². The summed E-state index contributed by atoms with van der Waals surface area (Å²) in [5.74, 6) is -5.31. The lowest BCUT2D eigenvalue weighted by Gasteiger charge is -2.45. The van der Waals surface area contributed by atoms with Gasteiger partial charge in [-0.3, -0.25) is 14.5 Å². The van der Waals surface area contributed by atoms with Crippen molar-refractivity contribution in [2.24, 2.45) is 11.7 Å². The topological polar surface area (TPSA) is 86.9 Å². The van der Waals surface area contributed by atoms with Gasteiger partial charge in [-0.25, -0.2) is 8.78 Å². The lowest BCUT2D eigenvalue weighted by atomic mass is 9.78. The summed E-state index contributed by atoms with van der Waals surface area (Å²) in [5.41, 5.74) is -2.70. The molecule has 6 nitrogen and oxygen atoms in total. The zero-order valence-corrected chi connectivity index (χ0v) is 21.5. The van der Waals surface area contributed by atoms with Crippen LogP contribution in [-0.4, -0.2) is 46.5 Å². The van der Waals surface area contributed by atoms with Crippen molar-refractivity contribution in [2.75, 3.05) is 11.4 Å². The van der Waals surface area contributed by atoms with Crippen molar-refractivity contribution in [2.45, 2.75) is 68.4 Å². The Labute approximate surface area is 227 Å². The van der Waals surface area contributed by atoms with Crippen LogP contribution in [0.25, 0.3) is 0 Å². The zero-order valence-electron chi connectivity index (χ0n) is 20.7. The Hall–Kier alpha value is -2.76. The molecule has 0 radical (unpaired) electrons. The number of hydrogen-bond donors (Lipinski definition) is 2. The molecule has 2 aromatic rings. The average Bonchev–Trinajstić information content (AvgIpc) is 3.73. The average molecular weight is 572 g/mol. The lowest BCUT2D eigenvalue weighted by Crippen LogP contribution is -2.51. The Balaban J connectivity index is 0.00000308. The Morgan fingerprint density at radius 1 is 1.03 bits per heavy atom. The van der Waals surface area contributed by atoms with Gasteiger partial charge < -0.3 is 15.7 Å². The highest BCUT2D eigenvalue weighted by atomic mass is 35.5. The van der Waals surface area contributed by atoms with Gasteiger partial charge in [0.25, 0.3) is 5.91 Å². The smallest absolute Gasteiger partial charge is 0.371 e. The summed E-state index contributed by atoms with van der Waals surface area (Å²) in [7, 11) is 0. The zero-order chi connectivity index (χ0) is 27.1. The number of fused-ring (bicyclic) bond motifs is 1. The van der Waals surface area contributed by atoms with Gasteiger partial charge in [-0.15, -0.1) is 12.4 Å². The third kappa shape index (κ3) is 4.48. The van der Waals surface area contributed by atoms with E-state index in [0.29, 0.717) is 37.0 Å². The van der Waals surface area contributed by atoms with Crippen LogP contribution in [0.15, 0.2) is 30.3 Å². The summed E-state index contributed by atoms with van der Waals surface area (Å²) in [6.45, 7) is -0.0661. The molecule has 0 saturated heterocycles. The summed E-state index contributed by atoms with van der Waals surface area (Å²) in [6, 6.07) is 5.32. The Kier molecular flexibility index (Phi) is 6.71. The number of carbonyl (C=O) groups is 2. The molecule has 3 N–H and O–H groups in total. The van der Waals surface area contributed by atoms with Crippen molar-refractivity contribution < 1.29 is 36.6 Å². The molecular weight excluding hydrogens is 545 g/mol. The minimum Gasteiger partial charge on any atom is -0.371 e. The fourth-order valence-corrected chi connectivity index (χ4v) is 6.25. The summed E-state index contributed by atoms with van der Waals surface area (Å²) in [5, 5.41) is 11.6. The number of amides is 2. The number of nitrogens with two attached hydrogens (primary N) is 1. The number of nitrogens with zero attached hydrogens (tertiary/aromatic N) is 2. The Morgan fingerprint density at radius 3 is 2.08 bits per heavy atom. The summed E-state index contributed by atoms with van der Waals surface area (Å²) in [4.78, 5) is 29.1. The van der Waals surface area contributed by atoms with Crippen LogP contribution < -0.4 is 10.6 Å². The van der Waals surface area contributed by atoms with Gasteiger partial charge in [0, 0.05) is 35.8 Å². The van der Waals surface area contributed by atoms with E-state index in [2.05, 4.69) is 4.90 Å². The molecule has 6 rings (SSSR count). The van der Waals surface area contributed by atoms with E-state index >= 15 is 0 Å². The Bertz CT molecular complexity index is 1310. The first-order valence-corrected chi connectivity index (χ1v) is 12.7. The minimum absolute atomic E-state index is 0. The molecule has 2 amide bonds. The van der Waals surface area contributed by atoms with Gasteiger partial charge in [0.2, 0.25) is 11.5 Å². The molecule has 1 aliphatic heterocycles. The van der Waals surface area contributed by atoms with Crippen molar-refractivity contribution in [1.29, 1.82) is 0 Å². The van der Waals surface area contributed by atoms with Gasteiger partial charge in [0.05, 0.1) is 16.8 Å². The van der Waals surface area contributed by atoms with E-state index in [4.69, 9.17) is 5.73 Å². The van der Waals surface area contributed by atoms with Crippen LogP contribution in [0.3, 0.4) is 0 Å². The predicted molar refractivity (Wildman–Crippen MR) is 133 cm³/mol. The summed E-state index contributed by atoms with van der Waals surface area (Å²) >= 11 is 0. The van der Waals surface area contributed by atoms with Crippen LogP contribution in [0.2, 0.25) is 0 Å². The largest absolute Gasteiger partial charge is 0.416 e. The van der Waals surface area contributed by atoms with Gasteiger partial charge >= 0.3 is 6.18 Å². The molecule has 210 valence electrons. The molecule has 0 spiro atoms. The maximum absolute atomic E-state index is 14.9. The van der Waals surface area contributed by atoms with E-state index in [1.807, 2.05) is 0 Å². The number of carbonyl (C=O) groups excluding carboxylic acids is 2. The number of aliphatic hydroxyl groups is 1. The number of primary amides is 1. The molecular formula is C27H27ClF5N3O3. The number of halogens is 6. The third-order valence-corrected chi connectivity index (χ3v) is 8.25. The summed E-state index contributed by atoms with van der Waals surface area (Å²) in [6.07, 6.45) is 0.832. The molecule has 39 heavy (non-hydrogen) atoms. The van der Waals surface area contributed by atoms with Crippen molar-refractivity contribution in [3.8, 4) is 0 Å². The second-order valence-electron chi connectivity index (χ2n) is 10.9. The third-order valence-electron chi connectivity index (χ3n) is 8.25. The lowest BCUT2D eigenvalue weighted by molar-refractivity contribution is -0.142. The monoisotopic (exact) mass is 571 g/mol. The highest BCUT2D eigenvalue weighted by Crippen LogP contribution is 2.53. The van der Waals surface area contributed by atoms with Gasteiger partial charge in [0.15, 0.2) is 0 Å². The first-order chi connectivity index (χ1) is 17.9. The molecule has 1 unspecified atom stereocenters. The van der Waals surface area contributed by atoms with E-state index in [0.717, 1.165) is 54.8 Å². The molecule has 3 aliphatic carbocycles. The fraction of sp³-hybridized carbons (Fsp3) is 0.481. The van der Waals surface area contributed by atoms with Crippen LogP contribution in [0.5, 0.6) is 0 Å². The van der Waals surface area contributed by atoms with Crippen molar-refractivity contribution >= 4 is 29.9 Å². The molecule has 1 heterocycles. The van der Waals surface area contributed by atoms with E-state index in [9.17, 15) is 36.6 Å². The van der Waals surface area contributed by atoms with Gasteiger partial charge in [0.1, 0.15) is 11.6 Å². The number of hydrogen-bond acceptors (Lipinski definition) is 4. The van der Waals surface area contributed by atoms with Gasteiger partial charge in [-0.1, -0.05) is 6.07 Å². The van der Waals surface area contributed by atoms with Crippen LogP contribution >= 0.6 is 12.4 Å². The van der Waals surface area contributed by atoms with E-state index < -0.39 is 63.2 Å². The quantitative estimate of drug-likeness (QED) is 0.480. The normalized spacial score (nSPS) is 26.3. The first kappa shape index (κ1) is 27.8. The van der Waals surface area contributed by atoms with Gasteiger partial charge in [-0.2, -0.15) is 13.2 Å². The van der Waals surface area contributed by atoms with Crippen LogP contribution in [0, 0.1) is 17.6 Å². The molecule has 3 saturated carbocycles. The number of rotatable bonds is 7. The predicted octanol–water partition coefficient (Wildman–Crippen LogP) is 4.49. The van der Waals surface area contributed by atoms with Gasteiger partial charge in [-0.05, 0) is 68.7 Å². The van der Waals surface area contributed by atoms with E-state index in [-0.39, 0.29) is 24.9 Å². The highest BCUT2D eigenvalue weighted by Gasteiger charge is 2.59. The van der Waals surface area contributed by atoms with Crippen molar-refractivity contribution in [1.82, 2.24) is 4.90 Å². The van der Waals surface area contributed by atoms with E-state index in [1.54, 1.807) is 0 Å². The molecule has 3 fully saturated rings. The van der Waals surface area contributed by atoms with Crippen molar-refractivity contribution in [3.05, 3.63) is 64.2 Å². The van der Waals surface area contributed by atoms with Crippen LogP contribution in [0.4, 0.5) is 27.6 Å². The molecule has 12 heteroatoms.